The monoisotopic (exact) mass is 312 g/mol. The summed E-state index contributed by atoms with van der Waals surface area (Å²) in [6.07, 6.45) is 1.46. The zero-order chi connectivity index (χ0) is 14.9. The highest BCUT2D eigenvalue weighted by Gasteiger charge is 2.21. The highest BCUT2D eigenvalue weighted by atomic mass is 35.5. The van der Waals surface area contributed by atoms with Crippen LogP contribution in [-0.4, -0.2) is 17.4 Å². The van der Waals surface area contributed by atoms with Crippen molar-refractivity contribution in [2.24, 2.45) is 0 Å². The van der Waals surface area contributed by atoms with Crippen molar-refractivity contribution in [2.45, 2.75) is 25.2 Å². The lowest BCUT2D eigenvalue weighted by molar-refractivity contribution is 0.584. The molecule has 0 fully saturated rings. The van der Waals surface area contributed by atoms with E-state index in [0.717, 1.165) is 11.9 Å². The number of aromatic nitrogens is 2. The Morgan fingerprint density at radius 3 is 2.40 bits per heavy atom. The Bertz CT molecular complexity index is 795. The van der Waals surface area contributed by atoms with Gasteiger partial charge in [-0.25, -0.2) is 13.4 Å². The maximum atomic E-state index is 12.4. The second-order valence-electron chi connectivity index (χ2n) is 4.28. The van der Waals surface area contributed by atoms with Gasteiger partial charge in [0.05, 0.1) is 10.6 Å². The minimum atomic E-state index is -3.98. The summed E-state index contributed by atoms with van der Waals surface area (Å²) < 4.78 is 25.3. The lowest BCUT2D eigenvalue weighted by atomic mass is 10.2. The molecule has 1 aromatic heterocycles. The minimum Gasteiger partial charge on any atom is -0.266 e. The first-order valence-electron chi connectivity index (χ1n) is 5.96. The van der Waals surface area contributed by atoms with E-state index in [1.807, 2.05) is 6.92 Å². The van der Waals surface area contributed by atoms with Crippen LogP contribution in [0.5, 0.6) is 0 Å². The van der Waals surface area contributed by atoms with Crippen LogP contribution in [0.15, 0.2) is 40.3 Å². The standard InChI is InChI=1S/C13H13ClN2O3S/c1-3-11-12(14)13(17)16(8-15-11)20(18,19)10-6-4-9(2)5-7-10/h4-8H,3H2,1-2H3. The van der Waals surface area contributed by atoms with E-state index in [0.29, 0.717) is 16.1 Å². The smallest absolute Gasteiger partial charge is 0.266 e. The fourth-order valence-electron chi connectivity index (χ4n) is 1.69. The van der Waals surface area contributed by atoms with E-state index in [1.54, 1.807) is 19.1 Å². The summed E-state index contributed by atoms with van der Waals surface area (Å²) in [5, 5.41) is -0.161. The highest BCUT2D eigenvalue weighted by molar-refractivity contribution is 7.90. The molecular formula is C13H13ClN2O3S. The first kappa shape index (κ1) is 14.7. The molecule has 7 heteroatoms. The molecule has 0 amide bonds. The Morgan fingerprint density at radius 1 is 1.25 bits per heavy atom. The number of benzene rings is 1. The van der Waals surface area contributed by atoms with Gasteiger partial charge in [0, 0.05) is 0 Å². The molecular weight excluding hydrogens is 300 g/mol. The summed E-state index contributed by atoms with van der Waals surface area (Å²) in [7, 11) is -3.98. The molecule has 0 aliphatic rings. The molecule has 2 rings (SSSR count). The molecule has 5 nitrogen and oxygen atoms in total. The summed E-state index contributed by atoms with van der Waals surface area (Å²) in [4.78, 5) is 16.0. The molecule has 0 saturated carbocycles. The molecule has 2 aromatic rings. The summed E-state index contributed by atoms with van der Waals surface area (Å²) in [5.41, 5.74) is 0.528. The molecule has 1 aromatic carbocycles. The third-order valence-corrected chi connectivity index (χ3v) is 4.90. The van der Waals surface area contributed by atoms with Gasteiger partial charge in [0.25, 0.3) is 15.6 Å². The van der Waals surface area contributed by atoms with E-state index in [-0.39, 0.29) is 9.92 Å². The molecule has 0 aliphatic heterocycles. The molecule has 0 radical (unpaired) electrons. The average Bonchev–Trinajstić information content (AvgIpc) is 2.42. The minimum absolute atomic E-state index is 0.0207. The molecule has 0 N–H and O–H groups in total. The number of halogens is 1. The van der Waals surface area contributed by atoms with Crippen LogP contribution in [0.25, 0.3) is 0 Å². The third-order valence-electron chi connectivity index (χ3n) is 2.87. The van der Waals surface area contributed by atoms with E-state index in [1.165, 1.54) is 12.1 Å². The van der Waals surface area contributed by atoms with E-state index in [4.69, 9.17) is 11.6 Å². The molecule has 20 heavy (non-hydrogen) atoms. The Labute approximate surface area is 121 Å². The first-order valence-corrected chi connectivity index (χ1v) is 7.78. The van der Waals surface area contributed by atoms with E-state index in [2.05, 4.69) is 4.98 Å². The van der Waals surface area contributed by atoms with Crippen molar-refractivity contribution in [1.29, 1.82) is 0 Å². The maximum Gasteiger partial charge on any atom is 0.286 e. The Kier molecular flexibility index (Phi) is 3.96. The van der Waals surface area contributed by atoms with Crippen molar-refractivity contribution in [3.63, 3.8) is 0 Å². The van der Waals surface area contributed by atoms with Crippen LogP contribution in [-0.2, 0) is 16.4 Å². The van der Waals surface area contributed by atoms with E-state index >= 15 is 0 Å². The van der Waals surface area contributed by atoms with Gasteiger partial charge in [-0.05, 0) is 25.5 Å². The third kappa shape index (κ3) is 2.48. The van der Waals surface area contributed by atoms with Crippen LogP contribution in [0, 0.1) is 6.92 Å². The van der Waals surface area contributed by atoms with Crippen LogP contribution in [0.1, 0.15) is 18.2 Å². The Balaban J connectivity index is 2.64. The average molecular weight is 313 g/mol. The van der Waals surface area contributed by atoms with Gasteiger partial charge in [0.2, 0.25) is 0 Å². The molecule has 0 bridgehead atoms. The number of rotatable bonds is 3. The number of aryl methyl sites for hydroxylation is 2. The van der Waals surface area contributed by atoms with Crippen molar-refractivity contribution in [1.82, 2.24) is 8.96 Å². The van der Waals surface area contributed by atoms with Crippen molar-refractivity contribution >= 4 is 21.6 Å². The normalized spacial score (nSPS) is 11.6. The Morgan fingerprint density at radius 2 is 1.85 bits per heavy atom. The lowest BCUT2D eigenvalue weighted by Gasteiger charge is -2.09. The van der Waals surface area contributed by atoms with Crippen LogP contribution < -0.4 is 5.56 Å². The van der Waals surface area contributed by atoms with Crippen LogP contribution in [0.2, 0.25) is 5.02 Å². The van der Waals surface area contributed by atoms with Gasteiger partial charge in [-0.15, -0.1) is 0 Å². The summed E-state index contributed by atoms with van der Waals surface area (Å²) in [6, 6.07) is 6.21. The second kappa shape index (κ2) is 5.38. The van der Waals surface area contributed by atoms with Crippen molar-refractivity contribution in [3.05, 3.63) is 57.2 Å². The maximum absolute atomic E-state index is 12.4. The zero-order valence-electron chi connectivity index (χ0n) is 11.0. The van der Waals surface area contributed by atoms with Crippen molar-refractivity contribution in [2.75, 3.05) is 0 Å². The first-order chi connectivity index (χ1) is 9.37. The number of hydrogen-bond acceptors (Lipinski definition) is 4. The van der Waals surface area contributed by atoms with Gasteiger partial charge in [0.15, 0.2) is 0 Å². The van der Waals surface area contributed by atoms with Gasteiger partial charge < -0.3 is 0 Å². The lowest BCUT2D eigenvalue weighted by Crippen LogP contribution is -2.29. The fraction of sp³-hybridized carbons (Fsp3) is 0.231. The molecule has 0 spiro atoms. The topological polar surface area (TPSA) is 69.0 Å². The fourth-order valence-corrected chi connectivity index (χ4v) is 3.20. The molecule has 106 valence electrons. The zero-order valence-corrected chi connectivity index (χ0v) is 12.6. The number of hydrogen-bond donors (Lipinski definition) is 0. The Hall–Kier alpha value is -1.66. The molecule has 0 unspecified atom stereocenters. The van der Waals surface area contributed by atoms with Crippen LogP contribution >= 0.6 is 11.6 Å². The largest absolute Gasteiger partial charge is 0.286 e. The van der Waals surface area contributed by atoms with Gasteiger partial charge in [-0.1, -0.05) is 36.2 Å². The quantitative estimate of drug-likeness (QED) is 0.869. The summed E-state index contributed by atoms with van der Waals surface area (Å²) >= 11 is 5.86. The van der Waals surface area contributed by atoms with Crippen LogP contribution in [0.3, 0.4) is 0 Å². The predicted octanol–water partition coefficient (Wildman–Crippen LogP) is 2.00. The highest BCUT2D eigenvalue weighted by Crippen LogP contribution is 2.15. The van der Waals surface area contributed by atoms with E-state index in [9.17, 15) is 13.2 Å². The molecule has 0 saturated heterocycles. The predicted molar refractivity (Wildman–Crippen MR) is 76.6 cm³/mol. The molecule has 1 heterocycles. The van der Waals surface area contributed by atoms with Gasteiger partial charge in [-0.2, -0.15) is 3.97 Å². The SMILES string of the molecule is CCc1ncn(S(=O)(=O)c2ccc(C)cc2)c(=O)c1Cl. The van der Waals surface area contributed by atoms with Crippen LogP contribution in [0.4, 0.5) is 0 Å². The molecule has 0 aliphatic carbocycles. The van der Waals surface area contributed by atoms with Gasteiger partial charge in [-0.3, -0.25) is 4.79 Å². The van der Waals surface area contributed by atoms with Gasteiger partial charge in [0.1, 0.15) is 11.3 Å². The van der Waals surface area contributed by atoms with Crippen molar-refractivity contribution < 1.29 is 8.42 Å². The molecule has 0 atom stereocenters. The number of nitrogens with zero attached hydrogens (tertiary/aromatic N) is 2. The second-order valence-corrected chi connectivity index (χ2v) is 6.47. The summed E-state index contributed by atoms with van der Waals surface area (Å²) in [6.45, 7) is 3.63. The summed E-state index contributed by atoms with van der Waals surface area (Å²) in [5.74, 6) is 0. The van der Waals surface area contributed by atoms with E-state index < -0.39 is 15.6 Å². The van der Waals surface area contributed by atoms with Crippen molar-refractivity contribution in [3.8, 4) is 0 Å². The van der Waals surface area contributed by atoms with Gasteiger partial charge >= 0.3 is 0 Å².